The molecule has 3 aromatic rings. The largest absolute Gasteiger partial charge is 0.459 e. The minimum atomic E-state index is -0.0573. The number of aromatic nitrogens is 1. The minimum absolute atomic E-state index is 0.0503. The van der Waals surface area contributed by atoms with Gasteiger partial charge in [0.05, 0.1) is 11.7 Å². The molecule has 2 aromatic heterocycles. The predicted molar refractivity (Wildman–Crippen MR) is 112 cm³/mol. The van der Waals surface area contributed by atoms with Crippen LogP contribution < -0.4 is 5.32 Å². The van der Waals surface area contributed by atoms with Gasteiger partial charge in [-0.15, -0.1) is 0 Å². The number of likely N-dealkylation sites (N-methyl/N-ethyl adjacent to an activating group) is 1. The van der Waals surface area contributed by atoms with Crippen molar-refractivity contribution in [1.82, 2.24) is 15.2 Å². The Balaban J connectivity index is 1.75. The highest BCUT2D eigenvalue weighted by Crippen LogP contribution is 2.40. The summed E-state index contributed by atoms with van der Waals surface area (Å²) in [5.74, 6) is 1.66. The first-order chi connectivity index (χ1) is 13.1. The smallest absolute Gasteiger partial charge is 0.170 e. The van der Waals surface area contributed by atoms with E-state index in [0.29, 0.717) is 0 Å². The van der Waals surface area contributed by atoms with Gasteiger partial charge < -0.3 is 14.6 Å². The topological polar surface area (TPSA) is 41.3 Å². The molecule has 1 N–H and O–H groups in total. The lowest BCUT2D eigenvalue weighted by Gasteiger charge is -2.24. The second-order valence-electron chi connectivity index (χ2n) is 6.53. The molecule has 2 atom stereocenters. The second-order valence-corrected chi connectivity index (χ2v) is 7.32. The van der Waals surface area contributed by atoms with E-state index in [9.17, 15) is 0 Å². The van der Waals surface area contributed by atoms with E-state index >= 15 is 0 Å². The van der Waals surface area contributed by atoms with Crippen molar-refractivity contribution in [3.8, 4) is 11.3 Å². The maximum atomic E-state index is 6.29. The van der Waals surface area contributed by atoms with Crippen molar-refractivity contribution in [2.45, 2.75) is 25.9 Å². The Morgan fingerprint density at radius 2 is 2.04 bits per heavy atom. The summed E-state index contributed by atoms with van der Waals surface area (Å²) in [6.07, 6.45) is 1.80. The van der Waals surface area contributed by atoms with E-state index in [0.717, 1.165) is 45.0 Å². The van der Waals surface area contributed by atoms with Crippen molar-refractivity contribution in [3.05, 3.63) is 76.8 Å². The number of nitrogens with zero attached hydrogens (tertiary/aromatic N) is 2. The van der Waals surface area contributed by atoms with E-state index in [1.807, 2.05) is 55.5 Å². The fourth-order valence-corrected chi connectivity index (χ4v) is 4.13. The Hall–Kier alpha value is -2.37. The number of pyridine rings is 1. The molecule has 4 nitrogen and oxygen atoms in total. The number of furan rings is 1. The van der Waals surface area contributed by atoms with E-state index in [2.05, 4.69) is 22.1 Å². The average molecular weight is 398 g/mol. The van der Waals surface area contributed by atoms with Crippen molar-refractivity contribution in [2.75, 3.05) is 6.54 Å². The van der Waals surface area contributed by atoms with Crippen LogP contribution in [0.25, 0.3) is 11.3 Å². The maximum Gasteiger partial charge on any atom is 0.170 e. The van der Waals surface area contributed by atoms with Crippen LogP contribution in [0.2, 0.25) is 5.02 Å². The van der Waals surface area contributed by atoms with E-state index in [-0.39, 0.29) is 12.1 Å². The van der Waals surface area contributed by atoms with Crippen LogP contribution in [-0.4, -0.2) is 21.5 Å². The first-order valence-corrected chi connectivity index (χ1v) is 9.72. The normalized spacial score (nSPS) is 19.4. The van der Waals surface area contributed by atoms with E-state index in [4.69, 9.17) is 28.2 Å². The minimum Gasteiger partial charge on any atom is -0.459 e. The van der Waals surface area contributed by atoms with Crippen LogP contribution in [-0.2, 0) is 0 Å². The van der Waals surface area contributed by atoms with Crippen molar-refractivity contribution in [1.29, 1.82) is 0 Å². The third kappa shape index (κ3) is 3.22. The standard InChI is InChI=1S/C21H20ClN3OS/c1-3-25-20(19(24-21(25)27)16-9-4-5-12-23-16)18-11-10-17(26-18)14-7-6-8-15(22)13(14)2/h4-12,19-20H,3H2,1-2H3,(H,24,27)/t19-,20-/m0/s1. The first-order valence-electron chi connectivity index (χ1n) is 8.93. The summed E-state index contributed by atoms with van der Waals surface area (Å²) < 4.78 is 6.29. The molecule has 4 rings (SSSR count). The Morgan fingerprint density at radius 1 is 1.19 bits per heavy atom. The molecule has 6 heteroatoms. The second kappa shape index (κ2) is 7.33. The summed E-state index contributed by atoms with van der Waals surface area (Å²) in [6, 6.07) is 15.7. The summed E-state index contributed by atoms with van der Waals surface area (Å²) in [5, 5.41) is 4.85. The molecule has 138 valence electrons. The molecule has 1 aliphatic heterocycles. The lowest BCUT2D eigenvalue weighted by molar-refractivity contribution is 0.284. The van der Waals surface area contributed by atoms with Crippen molar-refractivity contribution < 1.29 is 4.42 Å². The fraction of sp³-hybridized carbons (Fsp3) is 0.238. The lowest BCUT2D eigenvalue weighted by Crippen LogP contribution is -2.29. The Bertz CT molecular complexity index is 973. The molecule has 1 saturated heterocycles. The SMILES string of the molecule is CCN1C(=S)N[C@@H](c2ccccn2)[C@@H]1c1ccc(-c2cccc(Cl)c2C)o1. The van der Waals surface area contributed by atoms with E-state index in [1.165, 1.54) is 0 Å². The quantitative estimate of drug-likeness (QED) is 0.605. The summed E-state index contributed by atoms with van der Waals surface area (Å²) in [7, 11) is 0. The third-order valence-electron chi connectivity index (χ3n) is 4.99. The third-order valence-corrected chi connectivity index (χ3v) is 5.75. The molecule has 0 bridgehead atoms. The van der Waals surface area contributed by atoms with Gasteiger partial charge in [0.2, 0.25) is 0 Å². The highest BCUT2D eigenvalue weighted by Gasteiger charge is 2.40. The van der Waals surface area contributed by atoms with Gasteiger partial charge in [-0.05, 0) is 62.0 Å². The van der Waals surface area contributed by atoms with Gasteiger partial charge >= 0.3 is 0 Å². The molecule has 0 amide bonds. The number of halogens is 1. The predicted octanol–water partition coefficient (Wildman–Crippen LogP) is 5.30. The van der Waals surface area contributed by atoms with Crippen LogP contribution in [0, 0.1) is 6.92 Å². The van der Waals surface area contributed by atoms with Gasteiger partial charge in [0, 0.05) is 23.3 Å². The van der Waals surface area contributed by atoms with Crippen molar-refractivity contribution in [2.24, 2.45) is 0 Å². The Kier molecular flexibility index (Phi) is 4.89. The molecule has 0 unspecified atom stereocenters. The zero-order valence-corrected chi connectivity index (χ0v) is 16.7. The van der Waals surface area contributed by atoms with Gasteiger partial charge in [0.25, 0.3) is 0 Å². The van der Waals surface area contributed by atoms with Crippen LogP contribution in [0.5, 0.6) is 0 Å². The molecule has 27 heavy (non-hydrogen) atoms. The number of hydrogen-bond acceptors (Lipinski definition) is 3. The summed E-state index contributed by atoms with van der Waals surface area (Å²) in [6.45, 7) is 4.87. The molecule has 3 heterocycles. The fourth-order valence-electron chi connectivity index (χ4n) is 3.59. The van der Waals surface area contributed by atoms with Gasteiger partial charge in [-0.3, -0.25) is 4.98 Å². The van der Waals surface area contributed by atoms with Crippen molar-refractivity contribution >= 4 is 28.9 Å². The van der Waals surface area contributed by atoms with Gasteiger partial charge in [-0.25, -0.2) is 0 Å². The molecular weight excluding hydrogens is 378 g/mol. The molecular formula is C21H20ClN3OS. The van der Waals surface area contributed by atoms with Crippen LogP contribution in [0.4, 0.5) is 0 Å². The molecule has 0 saturated carbocycles. The number of thiocarbonyl (C=S) groups is 1. The van der Waals surface area contributed by atoms with Gasteiger partial charge in [-0.2, -0.15) is 0 Å². The number of rotatable bonds is 4. The Morgan fingerprint density at radius 3 is 2.78 bits per heavy atom. The zero-order valence-electron chi connectivity index (χ0n) is 15.1. The zero-order chi connectivity index (χ0) is 19.0. The van der Waals surface area contributed by atoms with Crippen molar-refractivity contribution in [3.63, 3.8) is 0 Å². The first kappa shape index (κ1) is 18.0. The highest BCUT2D eigenvalue weighted by molar-refractivity contribution is 7.80. The van der Waals surface area contributed by atoms with Crippen LogP contribution in [0.1, 0.15) is 36.0 Å². The molecule has 1 aliphatic rings. The van der Waals surface area contributed by atoms with Gasteiger partial charge in [0.1, 0.15) is 17.6 Å². The number of hydrogen-bond donors (Lipinski definition) is 1. The Labute approximate surface area is 169 Å². The van der Waals surface area contributed by atoms with Crippen LogP contribution in [0.3, 0.4) is 0 Å². The van der Waals surface area contributed by atoms with Gasteiger partial charge in [-0.1, -0.05) is 29.8 Å². The summed E-state index contributed by atoms with van der Waals surface area (Å²) in [4.78, 5) is 6.66. The highest BCUT2D eigenvalue weighted by atomic mass is 35.5. The molecule has 0 spiro atoms. The molecule has 1 fully saturated rings. The van der Waals surface area contributed by atoms with Crippen LogP contribution >= 0.6 is 23.8 Å². The summed E-state index contributed by atoms with van der Waals surface area (Å²) >= 11 is 11.8. The van der Waals surface area contributed by atoms with E-state index in [1.54, 1.807) is 6.20 Å². The molecule has 0 radical (unpaired) electrons. The monoisotopic (exact) mass is 397 g/mol. The van der Waals surface area contributed by atoms with Gasteiger partial charge in [0.15, 0.2) is 5.11 Å². The molecule has 0 aliphatic carbocycles. The summed E-state index contributed by atoms with van der Waals surface area (Å²) in [5.41, 5.74) is 2.95. The van der Waals surface area contributed by atoms with Crippen LogP contribution in [0.15, 0.2) is 59.1 Å². The average Bonchev–Trinajstić information content (AvgIpc) is 3.28. The number of nitrogens with one attached hydrogen (secondary N) is 1. The maximum absolute atomic E-state index is 6.29. The number of benzene rings is 1. The lowest BCUT2D eigenvalue weighted by atomic mass is 10.0. The van der Waals surface area contributed by atoms with E-state index < -0.39 is 0 Å². The molecule has 1 aromatic carbocycles.